The van der Waals surface area contributed by atoms with Gasteiger partial charge in [-0.1, -0.05) is 41.4 Å². The van der Waals surface area contributed by atoms with Crippen molar-refractivity contribution in [1.29, 1.82) is 0 Å². The maximum absolute atomic E-state index is 14.2. The number of hydrogen-bond donors (Lipinski definition) is 1. The molecular weight excluding hydrogens is 649 g/mol. The molecule has 1 aromatic heterocycles. The Balaban J connectivity index is 1.91. The molecule has 4 aromatic rings. The molecule has 1 heterocycles. The molecule has 1 amide bonds. The number of nitrogens with one attached hydrogen (secondary N) is 1. The van der Waals surface area contributed by atoms with Gasteiger partial charge in [-0.25, -0.2) is 18.1 Å². The Morgan fingerprint density at radius 3 is 2.41 bits per heavy atom. The van der Waals surface area contributed by atoms with E-state index in [1.54, 1.807) is 60.4 Å². The minimum Gasteiger partial charge on any atom is -0.494 e. The van der Waals surface area contributed by atoms with E-state index in [0.717, 1.165) is 0 Å². The number of fused-ring (bicyclic) bond motifs is 1. The number of amides is 1. The Morgan fingerprint density at radius 2 is 1.76 bits per heavy atom. The third-order valence-electron chi connectivity index (χ3n) is 7.33. The van der Waals surface area contributed by atoms with Crippen molar-refractivity contribution in [2.24, 2.45) is 0 Å². The fourth-order valence-electron chi connectivity index (χ4n) is 4.93. The molecule has 244 valence electrons. The second kappa shape index (κ2) is 15.8. The molecule has 0 aliphatic heterocycles. The second-order valence-corrected chi connectivity index (χ2v) is 13.7. The summed E-state index contributed by atoms with van der Waals surface area (Å²) < 4.78 is 34.6. The first-order valence-electron chi connectivity index (χ1n) is 14.9. The van der Waals surface area contributed by atoms with Crippen molar-refractivity contribution in [3.05, 3.63) is 98.5 Å². The predicted molar refractivity (Wildman–Crippen MR) is 181 cm³/mol. The van der Waals surface area contributed by atoms with Gasteiger partial charge < -0.3 is 14.5 Å². The minimum atomic E-state index is -3.54. The van der Waals surface area contributed by atoms with Crippen molar-refractivity contribution in [2.45, 2.75) is 32.7 Å². The molecular formula is C33H37Cl2N5O5S. The van der Waals surface area contributed by atoms with E-state index in [1.807, 2.05) is 25.9 Å². The van der Waals surface area contributed by atoms with Crippen LogP contribution in [0.3, 0.4) is 0 Å². The van der Waals surface area contributed by atoms with Crippen LogP contribution in [0.4, 0.5) is 0 Å². The van der Waals surface area contributed by atoms with Gasteiger partial charge in [0.1, 0.15) is 11.6 Å². The molecule has 0 aliphatic carbocycles. The van der Waals surface area contributed by atoms with Crippen LogP contribution in [0.1, 0.15) is 37.7 Å². The van der Waals surface area contributed by atoms with Crippen LogP contribution < -0.4 is 15.0 Å². The fraction of sp³-hybridized carbons (Fsp3) is 0.364. The number of sulfonamides is 1. The minimum absolute atomic E-state index is 0.00519. The van der Waals surface area contributed by atoms with Crippen LogP contribution >= 0.6 is 23.2 Å². The molecule has 1 atom stereocenters. The quantitative estimate of drug-likeness (QED) is 0.193. The van der Waals surface area contributed by atoms with E-state index in [4.69, 9.17) is 32.9 Å². The van der Waals surface area contributed by atoms with Crippen LogP contribution in [0.15, 0.2) is 59.4 Å². The normalized spacial score (nSPS) is 12.2. The summed E-state index contributed by atoms with van der Waals surface area (Å²) in [5.74, 6) is 0.546. The monoisotopic (exact) mass is 685 g/mol. The third kappa shape index (κ3) is 8.78. The summed E-state index contributed by atoms with van der Waals surface area (Å²) >= 11 is 12.4. The maximum atomic E-state index is 14.2. The number of benzene rings is 2. The van der Waals surface area contributed by atoms with Gasteiger partial charge >= 0.3 is 0 Å². The van der Waals surface area contributed by atoms with Gasteiger partial charge in [0.25, 0.3) is 5.56 Å². The SMILES string of the molecule is CCOc1ccc(-n2c(C(CCNS(=O)(=O)CC)N(CCN(C)C)C(=O)Cc3ccc(Cl)c(Cl)c3)nc3cc#ccc3c2=O)cc1. The highest BCUT2D eigenvalue weighted by atomic mass is 35.5. The number of nitrogens with zero attached hydrogens (tertiary/aromatic N) is 4. The Morgan fingerprint density at radius 1 is 1.04 bits per heavy atom. The highest BCUT2D eigenvalue weighted by molar-refractivity contribution is 7.89. The first kappa shape index (κ1) is 35.2. The Bertz CT molecular complexity index is 1830. The van der Waals surface area contributed by atoms with Crippen molar-refractivity contribution in [1.82, 2.24) is 24.1 Å². The van der Waals surface area contributed by atoms with Crippen LogP contribution in [-0.2, 0) is 21.2 Å². The van der Waals surface area contributed by atoms with E-state index in [0.29, 0.717) is 51.1 Å². The van der Waals surface area contributed by atoms with E-state index < -0.39 is 16.1 Å². The Kier molecular flexibility index (Phi) is 12.1. The Hall–Kier alpha value is -3.66. The van der Waals surface area contributed by atoms with Gasteiger partial charge in [0.2, 0.25) is 15.9 Å². The van der Waals surface area contributed by atoms with E-state index in [-0.39, 0.29) is 49.0 Å². The predicted octanol–water partition coefficient (Wildman–Crippen LogP) is 4.69. The molecule has 10 nitrogen and oxygen atoms in total. The molecule has 0 aliphatic rings. The number of carbonyl (C=O) groups excluding carboxylic acids is 1. The van der Waals surface area contributed by atoms with Crippen LogP contribution in [0.2, 0.25) is 10.0 Å². The zero-order valence-corrected chi connectivity index (χ0v) is 28.5. The zero-order valence-electron chi connectivity index (χ0n) is 26.2. The number of likely N-dealkylation sites (N-methyl/N-ethyl adjacent to an activating group) is 1. The average Bonchev–Trinajstić information content (AvgIpc) is 3.02. The first-order valence-corrected chi connectivity index (χ1v) is 17.3. The molecule has 0 spiro atoms. The fourth-order valence-corrected chi connectivity index (χ4v) is 5.89. The standard InChI is InChI=1S/C33H37Cl2N5O5S/c1-5-45-25-14-12-24(13-15-25)40-32(37-29-10-8-7-9-26(29)33(40)42)30(17-18-36-46(43,44)6-2)39(20-19-38(3)4)31(41)22-23-11-16-27(34)28(35)21-23/h9-16,21,30,36H,5-6,17-20,22H2,1-4H3. The summed E-state index contributed by atoms with van der Waals surface area (Å²) in [4.78, 5) is 36.9. The molecule has 3 aromatic carbocycles. The zero-order chi connectivity index (χ0) is 33.4. The summed E-state index contributed by atoms with van der Waals surface area (Å²) in [7, 11) is 0.240. The van der Waals surface area contributed by atoms with Crippen molar-refractivity contribution in [3.63, 3.8) is 0 Å². The third-order valence-corrected chi connectivity index (χ3v) is 9.47. The second-order valence-electron chi connectivity index (χ2n) is 10.8. The average molecular weight is 687 g/mol. The van der Waals surface area contributed by atoms with Gasteiger partial charge in [0, 0.05) is 31.8 Å². The molecule has 1 unspecified atom stereocenters. The molecule has 1 N–H and O–H groups in total. The topological polar surface area (TPSA) is 114 Å². The number of rotatable bonds is 15. The number of ether oxygens (including phenoxy) is 1. The highest BCUT2D eigenvalue weighted by Crippen LogP contribution is 2.29. The smallest absolute Gasteiger partial charge is 0.266 e. The summed E-state index contributed by atoms with van der Waals surface area (Å²) in [5, 5.41) is 1.02. The van der Waals surface area contributed by atoms with Gasteiger partial charge in [0.05, 0.1) is 51.5 Å². The maximum Gasteiger partial charge on any atom is 0.266 e. The van der Waals surface area contributed by atoms with Crippen molar-refractivity contribution in [2.75, 3.05) is 46.1 Å². The van der Waals surface area contributed by atoms with Crippen LogP contribution in [-0.4, -0.2) is 79.8 Å². The van der Waals surface area contributed by atoms with E-state index >= 15 is 0 Å². The first-order chi connectivity index (χ1) is 21.9. The van der Waals surface area contributed by atoms with Crippen molar-refractivity contribution < 1.29 is 17.9 Å². The van der Waals surface area contributed by atoms with Crippen LogP contribution in [0.5, 0.6) is 5.75 Å². The Labute approximate surface area is 279 Å². The lowest BCUT2D eigenvalue weighted by atomic mass is 10.1. The largest absolute Gasteiger partial charge is 0.494 e. The number of aromatic nitrogens is 2. The van der Waals surface area contributed by atoms with E-state index in [2.05, 4.69) is 16.9 Å². The lowest BCUT2D eigenvalue weighted by Crippen LogP contribution is -2.43. The van der Waals surface area contributed by atoms with Gasteiger partial charge in [-0.05, 0) is 76.3 Å². The lowest BCUT2D eigenvalue weighted by molar-refractivity contribution is -0.133. The molecule has 0 radical (unpaired) electrons. The lowest BCUT2D eigenvalue weighted by Gasteiger charge is -2.34. The molecule has 0 saturated heterocycles. The molecule has 13 heteroatoms. The van der Waals surface area contributed by atoms with Crippen LogP contribution in [0.25, 0.3) is 16.6 Å². The van der Waals surface area contributed by atoms with Gasteiger partial charge in [-0.15, -0.1) is 0 Å². The summed E-state index contributed by atoms with van der Waals surface area (Å²) in [5.41, 5.74) is 1.18. The number of hydrogen-bond acceptors (Lipinski definition) is 7. The summed E-state index contributed by atoms with van der Waals surface area (Å²) in [6.45, 7) is 4.67. The molecule has 0 saturated carbocycles. The summed E-state index contributed by atoms with van der Waals surface area (Å²) in [6.07, 6.45) is 0.128. The van der Waals surface area contributed by atoms with E-state index in [9.17, 15) is 18.0 Å². The van der Waals surface area contributed by atoms with Crippen molar-refractivity contribution >= 4 is 50.0 Å². The molecule has 0 fully saturated rings. The summed E-state index contributed by atoms with van der Waals surface area (Å²) in [6, 6.07) is 20.0. The number of halogens is 2. The van der Waals surface area contributed by atoms with Gasteiger partial charge in [0.15, 0.2) is 0 Å². The number of carbonyl (C=O) groups is 1. The molecule has 46 heavy (non-hydrogen) atoms. The van der Waals surface area contributed by atoms with Gasteiger partial charge in [-0.3, -0.25) is 14.2 Å². The molecule has 4 rings (SSSR count). The van der Waals surface area contributed by atoms with Gasteiger partial charge in [-0.2, -0.15) is 0 Å². The van der Waals surface area contributed by atoms with Crippen molar-refractivity contribution in [3.8, 4) is 11.4 Å². The molecule has 0 bridgehead atoms. The van der Waals surface area contributed by atoms with Crippen LogP contribution in [0, 0.1) is 12.1 Å². The van der Waals surface area contributed by atoms with E-state index in [1.165, 1.54) is 10.6 Å². The highest BCUT2D eigenvalue weighted by Gasteiger charge is 2.31.